The number of rotatable bonds is 9. The summed E-state index contributed by atoms with van der Waals surface area (Å²) >= 11 is 0. The molecular weight excluding hydrogens is 885 g/mol. The SMILES string of the molecule is CC(C)(C)c1ccc(N(c2ccccc2)c2ccc3c(c2)C(C)(C)c2cc(N(c4ccccc4)c4ccc(C(C)(C)C)cc4)cc4c5cc(N(c6ccccc6)c6ccc(C(C)(C)C)cc6)ccc5n-3c24)cc1. The molecule has 4 nitrogen and oxygen atoms in total. The molecular formula is C69H68N4. The van der Waals surface area contributed by atoms with Gasteiger partial charge in [0.1, 0.15) is 0 Å². The smallest absolute Gasteiger partial charge is 0.0583 e. The van der Waals surface area contributed by atoms with E-state index in [4.69, 9.17) is 0 Å². The predicted molar refractivity (Wildman–Crippen MR) is 313 cm³/mol. The van der Waals surface area contributed by atoms with E-state index in [9.17, 15) is 0 Å². The number of hydrogen-bond acceptors (Lipinski definition) is 3. The molecule has 1 aliphatic heterocycles. The molecule has 0 spiro atoms. The molecule has 10 aromatic rings. The average molecular weight is 953 g/mol. The number of aromatic nitrogens is 1. The lowest BCUT2D eigenvalue weighted by atomic mass is 9.74. The lowest BCUT2D eigenvalue weighted by Gasteiger charge is -2.37. The third kappa shape index (κ3) is 8.57. The van der Waals surface area contributed by atoms with Gasteiger partial charge < -0.3 is 19.3 Å². The van der Waals surface area contributed by atoms with Crippen LogP contribution in [0.2, 0.25) is 0 Å². The Bertz CT molecular complexity index is 3600. The van der Waals surface area contributed by atoms with E-state index in [0.29, 0.717) is 0 Å². The third-order valence-corrected chi connectivity index (χ3v) is 15.2. The van der Waals surface area contributed by atoms with Crippen molar-refractivity contribution in [2.75, 3.05) is 14.7 Å². The van der Waals surface area contributed by atoms with Gasteiger partial charge in [0, 0.05) is 67.4 Å². The molecule has 0 amide bonds. The molecule has 0 bridgehead atoms. The summed E-state index contributed by atoms with van der Waals surface area (Å²) in [5, 5.41) is 2.43. The lowest BCUT2D eigenvalue weighted by molar-refractivity contribution is 0.590. The fourth-order valence-corrected chi connectivity index (χ4v) is 11.0. The molecule has 1 aromatic heterocycles. The van der Waals surface area contributed by atoms with Gasteiger partial charge in [-0.15, -0.1) is 0 Å². The van der Waals surface area contributed by atoms with Crippen LogP contribution in [-0.4, -0.2) is 4.57 Å². The van der Waals surface area contributed by atoms with Crippen molar-refractivity contribution in [3.63, 3.8) is 0 Å². The zero-order chi connectivity index (χ0) is 51.0. The van der Waals surface area contributed by atoms with E-state index in [2.05, 4.69) is 308 Å². The van der Waals surface area contributed by atoms with Gasteiger partial charge in [-0.2, -0.15) is 0 Å². The van der Waals surface area contributed by atoms with E-state index >= 15 is 0 Å². The summed E-state index contributed by atoms with van der Waals surface area (Å²) in [6, 6.07) is 79.1. The van der Waals surface area contributed by atoms with Crippen LogP contribution in [-0.2, 0) is 21.7 Å². The molecule has 0 fully saturated rings. The quantitative estimate of drug-likeness (QED) is 0.143. The van der Waals surface area contributed by atoms with Crippen molar-refractivity contribution >= 4 is 73.0 Å². The minimum atomic E-state index is -0.408. The van der Waals surface area contributed by atoms with Crippen molar-refractivity contribution in [3.05, 3.63) is 240 Å². The van der Waals surface area contributed by atoms with Crippen molar-refractivity contribution in [2.45, 2.75) is 97.8 Å². The van der Waals surface area contributed by atoms with Gasteiger partial charge in [0.25, 0.3) is 0 Å². The fraction of sp³-hybridized carbons (Fsp3) is 0.217. The van der Waals surface area contributed by atoms with Crippen LogP contribution in [0.25, 0.3) is 27.5 Å². The summed E-state index contributed by atoms with van der Waals surface area (Å²) in [7, 11) is 0. The average Bonchev–Trinajstić information content (AvgIpc) is 3.70. The van der Waals surface area contributed by atoms with E-state index in [1.54, 1.807) is 0 Å². The second-order valence-electron chi connectivity index (χ2n) is 23.7. The number of para-hydroxylation sites is 3. The second-order valence-corrected chi connectivity index (χ2v) is 23.7. The Labute approximate surface area is 433 Å². The highest BCUT2D eigenvalue weighted by Gasteiger charge is 2.37. The normalized spacial score (nSPS) is 13.2. The van der Waals surface area contributed by atoms with Crippen molar-refractivity contribution < 1.29 is 0 Å². The van der Waals surface area contributed by atoms with Crippen LogP contribution in [0.1, 0.15) is 104 Å². The first-order chi connectivity index (χ1) is 34.9. The van der Waals surface area contributed by atoms with Gasteiger partial charge in [0.05, 0.1) is 16.7 Å². The first-order valence-corrected chi connectivity index (χ1v) is 26.0. The molecule has 0 N–H and O–H groups in total. The van der Waals surface area contributed by atoms with Crippen molar-refractivity contribution in [2.24, 2.45) is 0 Å². The van der Waals surface area contributed by atoms with E-state index in [-0.39, 0.29) is 16.2 Å². The maximum absolute atomic E-state index is 2.55. The number of benzene rings is 9. The molecule has 2 heterocycles. The first-order valence-electron chi connectivity index (χ1n) is 26.0. The maximum atomic E-state index is 2.55. The van der Waals surface area contributed by atoms with Crippen molar-refractivity contribution in [1.82, 2.24) is 4.57 Å². The Morgan fingerprint density at radius 1 is 0.315 bits per heavy atom. The maximum Gasteiger partial charge on any atom is 0.0583 e. The minimum absolute atomic E-state index is 0.0310. The molecule has 0 aliphatic carbocycles. The molecule has 1 aliphatic rings. The Morgan fingerprint density at radius 3 is 1.05 bits per heavy atom. The first kappa shape index (κ1) is 47.5. The molecule has 0 saturated carbocycles. The highest BCUT2D eigenvalue weighted by atomic mass is 15.2. The standard InChI is InChI=1S/C69H68N4/c1-66(2,3)47-27-33-53(34-28-47)70(50-21-15-12-16-22-50)56-39-41-63-59(43-56)60-44-58(72(52-25-19-14-20-26-52)55-37-31-49(32-38-55)68(7,8)9)46-62-65(60)73(63)64-42-40-57(45-61(64)69(62,10)11)71(51-23-17-13-18-24-51)54-35-29-48(30-36-54)67(4,5)6/h12-46H,1-11H3. The Kier molecular flexibility index (Phi) is 11.5. The van der Waals surface area contributed by atoms with Crippen LogP contribution in [0, 0.1) is 0 Å². The minimum Gasteiger partial charge on any atom is -0.310 e. The largest absolute Gasteiger partial charge is 0.310 e. The van der Waals surface area contributed by atoms with Gasteiger partial charge in [-0.1, -0.05) is 167 Å². The van der Waals surface area contributed by atoms with Crippen LogP contribution in [0.3, 0.4) is 0 Å². The van der Waals surface area contributed by atoms with E-state index in [1.807, 2.05) is 0 Å². The third-order valence-electron chi connectivity index (χ3n) is 15.2. The Morgan fingerprint density at radius 2 is 0.644 bits per heavy atom. The zero-order valence-electron chi connectivity index (χ0n) is 44.5. The summed E-state index contributed by atoms with van der Waals surface area (Å²) in [5.74, 6) is 0. The summed E-state index contributed by atoms with van der Waals surface area (Å²) < 4.78 is 2.55. The predicted octanol–water partition coefficient (Wildman–Crippen LogP) is 19.7. The van der Waals surface area contributed by atoms with Crippen molar-refractivity contribution in [3.8, 4) is 5.69 Å². The lowest BCUT2D eigenvalue weighted by Crippen LogP contribution is -2.27. The van der Waals surface area contributed by atoms with Crippen LogP contribution >= 0.6 is 0 Å². The van der Waals surface area contributed by atoms with Gasteiger partial charge in [-0.05, 0) is 165 Å². The van der Waals surface area contributed by atoms with Crippen LogP contribution in [0.4, 0.5) is 51.2 Å². The molecule has 9 aromatic carbocycles. The van der Waals surface area contributed by atoms with Crippen LogP contribution in [0.5, 0.6) is 0 Å². The van der Waals surface area contributed by atoms with E-state index in [0.717, 1.165) is 51.2 Å². The van der Waals surface area contributed by atoms with E-state index < -0.39 is 5.41 Å². The van der Waals surface area contributed by atoms with Gasteiger partial charge in [0.2, 0.25) is 0 Å². The molecule has 364 valence electrons. The molecule has 4 heteroatoms. The molecule has 0 saturated heterocycles. The summed E-state index contributed by atoms with van der Waals surface area (Å²) in [4.78, 5) is 7.26. The summed E-state index contributed by atoms with van der Waals surface area (Å²) in [5.41, 5.74) is 19.9. The molecule has 11 rings (SSSR count). The highest BCUT2D eigenvalue weighted by Crippen LogP contribution is 2.53. The second kappa shape index (κ2) is 17.7. The molecule has 0 unspecified atom stereocenters. The zero-order valence-corrected chi connectivity index (χ0v) is 44.5. The Hall–Kier alpha value is -7.82. The van der Waals surface area contributed by atoms with Gasteiger partial charge >= 0.3 is 0 Å². The number of hydrogen-bond donors (Lipinski definition) is 0. The summed E-state index contributed by atoms with van der Waals surface area (Å²) in [6.45, 7) is 25.4. The van der Waals surface area contributed by atoms with Crippen molar-refractivity contribution in [1.29, 1.82) is 0 Å². The Balaban J connectivity index is 1.17. The number of nitrogens with zero attached hydrogens (tertiary/aromatic N) is 4. The number of fused-ring (bicyclic) bond motifs is 5. The van der Waals surface area contributed by atoms with Gasteiger partial charge in [-0.3, -0.25) is 0 Å². The van der Waals surface area contributed by atoms with Gasteiger partial charge in [-0.25, -0.2) is 0 Å². The molecule has 0 atom stereocenters. The monoisotopic (exact) mass is 953 g/mol. The van der Waals surface area contributed by atoms with Crippen LogP contribution in [0.15, 0.2) is 212 Å². The van der Waals surface area contributed by atoms with E-state index in [1.165, 1.54) is 55.3 Å². The summed E-state index contributed by atoms with van der Waals surface area (Å²) in [6.07, 6.45) is 0. The molecule has 73 heavy (non-hydrogen) atoms. The topological polar surface area (TPSA) is 14.7 Å². The highest BCUT2D eigenvalue weighted by molar-refractivity contribution is 6.14. The molecule has 0 radical (unpaired) electrons. The fourth-order valence-electron chi connectivity index (χ4n) is 11.0. The number of anilines is 9. The van der Waals surface area contributed by atoms with Crippen LogP contribution < -0.4 is 14.7 Å². The van der Waals surface area contributed by atoms with Gasteiger partial charge in [0.15, 0.2) is 0 Å².